The molecule has 7 atom stereocenters. The van der Waals surface area contributed by atoms with E-state index in [-0.39, 0.29) is 45.5 Å². The lowest BCUT2D eigenvalue weighted by molar-refractivity contribution is -0.198. The zero-order valence-electron chi connectivity index (χ0n) is 24.3. The second-order valence-electron chi connectivity index (χ2n) is 14.8. The van der Waals surface area contributed by atoms with Gasteiger partial charge in [-0.25, -0.2) is 0 Å². The first-order valence-corrected chi connectivity index (χ1v) is 15.8. The van der Waals surface area contributed by atoms with E-state index in [4.69, 9.17) is 9.92 Å². The van der Waals surface area contributed by atoms with Crippen molar-refractivity contribution in [1.29, 1.82) is 0 Å². The first-order chi connectivity index (χ1) is 17.7. The van der Waals surface area contributed by atoms with Crippen molar-refractivity contribution in [2.45, 2.75) is 111 Å². The molecular formula is C30H44F3NO4S. The summed E-state index contributed by atoms with van der Waals surface area (Å²) in [6.45, 7) is 14.9. The van der Waals surface area contributed by atoms with Gasteiger partial charge in [0, 0.05) is 17.4 Å². The smallest absolute Gasteiger partial charge is 0.380 e. The molecule has 0 radical (unpaired) electrons. The molecule has 0 bridgehead atoms. The fraction of sp³-hybridized carbons (Fsp3) is 0.833. The standard InChI is InChI=1S/C30H44F3NO4S/c1-17(2)23-19(35)16-29(34)15-14-27(6)18(24(23)29)8-9-21-26(5)12-11-22(38-39(36,37)30(31,32)33)25(3,4)20(26)10-13-28(21,27)7/h11,17-18,20-21H,8-10,12-16,34H2,1-7H3/t18-,20-,21+,26-,27+,28+,29+/m0/s1. The van der Waals surface area contributed by atoms with Crippen LogP contribution in [0.15, 0.2) is 23.0 Å². The Hall–Kier alpha value is -1.35. The second kappa shape index (κ2) is 8.36. The number of Topliss-reactive ketones (excluding diaryl/α,β-unsaturated/α-hetero) is 1. The monoisotopic (exact) mass is 571 g/mol. The Kier molecular flexibility index (Phi) is 6.25. The lowest BCUT2D eigenvalue weighted by Crippen LogP contribution is -2.65. The van der Waals surface area contributed by atoms with Crippen LogP contribution in [0, 0.1) is 45.3 Å². The summed E-state index contributed by atoms with van der Waals surface area (Å²) in [5.74, 6) is 0.760. The Balaban J connectivity index is 1.54. The van der Waals surface area contributed by atoms with Crippen LogP contribution in [0.25, 0.3) is 0 Å². The predicted molar refractivity (Wildman–Crippen MR) is 143 cm³/mol. The zero-order chi connectivity index (χ0) is 29.2. The molecule has 5 aliphatic carbocycles. The number of nitrogens with two attached hydrogens (primary N) is 1. The molecule has 5 rings (SSSR count). The van der Waals surface area contributed by atoms with E-state index in [1.165, 1.54) is 5.57 Å². The molecule has 0 unspecified atom stereocenters. The molecule has 5 aliphatic rings. The summed E-state index contributed by atoms with van der Waals surface area (Å²) < 4.78 is 68.1. The molecule has 9 heteroatoms. The Morgan fingerprint density at radius 2 is 1.62 bits per heavy atom. The van der Waals surface area contributed by atoms with E-state index >= 15 is 0 Å². The molecule has 0 heterocycles. The molecule has 220 valence electrons. The predicted octanol–water partition coefficient (Wildman–Crippen LogP) is 7.04. The molecular weight excluding hydrogens is 527 g/mol. The first kappa shape index (κ1) is 29.2. The Morgan fingerprint density at radius 1 is 0.974 bits per heavy atom. The van der Waals surface area contributed by atoms with E-state index in [2.05, 4.69) is 34.6 Å². The minimum absolute atomic E-state index is 0.0256. The number of carbonyl (C=O) groups is 1. The molecule has 0 spiro atoms. The molecule has 0 saturated heterocycles. The largest absolute Gasteiger partial charge is 0.534 e. The van der Waals surface area contributed by atoms with Crippen molar-refractivity contribution in [3.63, 3.8) is 0 Å². The summed E-state index contributed by atoms with van der Waals surface area (Å²) in [6.07, 6.45) is 7.78. The van der Waals surface area contributed by atoms with Crippen molar-refractivity contribution in [1.82, 2.24) is 0 Å². The molecule has 2 N–H and O–H groups in total. The van der Waals surface area contributed by atoms with Crippen LogP contribution < -0.4 is 5.73 Å². The van der Waals surface area contributed by atoms with Gasteiger partial charge in [0.1, 0.15) is 5.76 Å². The van der Waals surface area contributed by atoms with Crippen LogP contribution in [0.5, 0.6) is 0 Å². The number of hydrogen-bond donors (Lipinski definition) is 1. The van der Waals surface area contributed by atoms with Gasteiger partial charge in [0.15, 0.2) is 5.78 Å². The van der Waals surface area contributed by atoms with E-state index < -0.39 is 26.6 Å². The normalized spacial score (nSPS) is 43.8. The van der Waals surface area contributed by atoms with Crippen LogP contribution in [-0.2, 0) is 19.1 Å². The Bertz CT molecular complexity index is 1270. The van der Waals surface area contributed by atoms with Crippen LogP contribution in [0.4, 0.5) is 13.2 Å². The molecule has 0 amide bonds. The van der Waals surface area contributed by atoms with Gasteiger partial charge in [-0.3, -0.25) is 4.79 Å². The number of alkyl halides is 3. The van der Waals surface area contributed by atoms with Gasteiger partial charge in [0.2, 0.25) is 0 Å². The number of halogens is 3. The molecule has 0 aliphatic heterocycles. The maximum atomic E-state index is 13.2. The highest BCUT2D eigenvalue weighted by Crippen LogP contribution is 2.75. The van der Waals surface area contributed by atoms with E-state index in [9.17, 15) is 26.4 Å². The van der Waals surface area contributed by atoms with Gasteiger partial charge in [0.05, 0.1) is 0 Å². The summed E-state index contributed by atoms with van der Waals surface area (Å²) >= 11 is 0. The van der Waals surface area contributed by atoms with E-state index in [1.807, 2.05) is 13.8 Å². The highest BCUT2D eigenvalue weighted by Gasteiger charge is 2.69. The third kappa shape index (κ3) is 3.73. The van der Waals surface area contributed by atoms with Gasteiger partial charge in [-0.1, -0.05) is 48.5 Å². The van der Waals surface area contributed by atoms with Gasteiger partial charge in [0.25, 0.3) is 0 Å². The SMILES string of the molecule is CC(C)C1=C2[C@@H]3CC[C@@H]4[C@@]5(C)CC=C(OS(=O)(=O)C(F)(F)F)C(C)(C)[C@@H]5CC[C@@]4(C)[C@]3(C)CC[C@@]2(N)CC1=O. The molecule has 0 aromatic rings. The molecule has 0 aromatic heterocycles. The number of fused-ring (bicyclic) bond motifs is 7. The number of allylic oxidation sites excluding steroid dienone is 3. The maximum absolute atomic E-state index is 13.2. The molecule has 3 fully saturated rings. The molecule has 39 heavy (non-hydrogen) atoms. The van der Waals surface area contributed by atoms with Crippen molar-refractivity contribution < 1.29 is 30.6 Å². The van der Waals surface area contributed by atoms with Crippen LogP contribution in [0.2, 0.25) is 0 Å². The third-order valence-electron chi connectivity index (χ3n) is 12.5. The summed E-state index contributed by atoms with van der Waals surface area (Å²) in [5.41, 5.74) is 1.94. The van der Waals surface area contributed by atoms with Crippen molar-refractivity contribution >= 4 is 15.9 Å². The number of rotatable bonds is 3. The average molecular weight is 572 g/mol. The summed E-state index contributed by atoms with van der Waals surface area (Å²) in [5, 5.41) is 0. The zero-order valence-corrected chi connectivity index (χ0v) is 25.1. The van der Waals surface area contributed by atoms with Gasteiger partial charge in [-0.05, 0) is 102 Å². The minimum atomic E-state index is -5.73. The van der Waals surface area contributed by atoms with Crippen molar-refractivity contribution in [3.05, 3.63) is 23.0 Å². The highest BCUT2D eigenvalue weighted by molar-refractivity contribution is 7.87. The quantitative estimate of drug-likeness (QED) is 0.290. The lowest BCUT2D eigenvalue weighted by atomic mass is 9.34. The van der Waals surface area contributed by atoms with Crippen LogP contribution in [-0.4, -0.2) is 25.2 Å². The van der Waals surface area contributed by atoms with Crippen LogP contribution >= 0.6 is 0 Å². The fourth-order valence-corrected chi connectivity index (χ4v) is 11.1. The average Bonchev–Trinajstić information content (AvgIpc) is 3.06. The molecule has 0 aromatic carbocycles. The van der Waals surface area contributed by atoms with E-state index in [0.717, 1.165) is 44.1 Å². The number of ketones is 1. The molecule has 3 saturated carbocycles. The van der Waals surface area contributed by atoms with Crippen LogP contribution in [0.3, 0.4) is 0 Å². The Labute approximate surface area is 231 Å². The van der Waals surface area contributed by atoms with Crippen molar-refractivity contribution in [3.8, 4) is 0 Å². The summed E-state index contributed by atoms with van der Waals surface area (Å²) in [4.78, 5) is 13.2. The fourth-order valence-electron chi connectivity index (χ4n) is 10.5. The maximum Gasteiger partial charge on any atom is 0.534 e. The lowest BCUT2D eigenvalue weighted by Gasteiger charge is -2.71. The van der Waals surface area contributed by atoms with Crippen LogP contribution in [0.1, 0.15) is 99.8 Å². The van der Waals surface area contributed by atoms with E-state index in [0.29, 0.717) is 18.8 Å². The molecule has 5 nitrogen and oxygen atoms in total. The van der Waals surface area contributed by atoms with Gasteiger partial charge in [-0.15, -0.1) is 0 Å². The number of carbonyl (C=O) groups excluding carboxylic acids is 1. The van der Waals surface area contributed by atoms with Crippen molar-refractivity contribution in [2.75, 3.05) is 0 Å². The minimum Gasteiger partial charge on any atom is -0.380 e. The van der Waals surface area contributed by atoms with Gasteiger partial charge >= 0.3 is 15.6 Å². The number of hydrogen-bond acceptors (Lipinski definition) is 5. The summed E-state index contributed by atoms with van der Waals surface area (Å²) in [6, 6.07) is 0. The van der Waals surface area contributed by atoms with E-state index in [1.54, 1.807) is 6.08 Å². The second-order valence-corrected chi connectivity index (χ2v) is 16.4. The topological polar surface area (TPSA) is 86.5 Å². The Morgan fingerprint density at radius 3 is 2.21 bits per heavy atom. The van der Waals surface area contributed by atoms with Crippen molar-refractivity contribution in [2.24, 2.45) is 51.1 Å². The highest BCUT2D eigenvalue weighted by atomic mass is 32.2. The third-order valence-corrected chi connectivity index (χ3v) is 13.4. The first-order valence-electron chi connectivity index (χ1n) is 14.4. The van der Waals surface area contributed by atoms with Gasteiger partial charge < -0.3 is 9.92 Å². The van der Waals surface area contributed by atoms with Gasteiger partial charge in [-0.2, -0.15) is 21.6 Å². The summed E-state index contributed by atoms with van der Waals surface area (Å²) in [7, 11) is -5.73.